The normalized spacial score (nSPS) is 17.2. The molecular weight excluding hydrogens is 154 g/mol. The number of nitrogens with zero attached hydrogens (tertiary/aromatic N) is 1. The van der Waals surface area contributed by atoms with Crippen LogP contribution in [0.3, 0.4) is 0 Å². The molecule has 0 aliphatic heterocycles. The van der Waals surface area contributed by atoms with Gasteiger partial charge in [0.15, 0.2) is 5.96 Å². The van der Waals surface area contributed by atoms with Crippen LogP contribution >= 0.6 is 0 Å². The van der Waals surface area contributed by atoms with Gasteiger partial charge in [0.2, 0.25) is 0 Å². The average molecular weight is 173 g/mol. The number of aliphatic hydroxyl groups is 1. The number of aliphatic hydroxyl groups excluding tert-OH is 1. The molecule has 0 rings (SSSR count). The van der Waals surface area contributed by atoms with Gasteiger partial charge in [-0.15, -0.1) is 0 Å². The van der Waals surface area contributed by atoms with Crippen LogP contribution in [0.2, 0.25) is 0 Å². The first-order valence-electron chi connectivity index (χ1n) is 4.29. The summed E-state index contributed by atoms with van der Waals surface area (Å²) >= 11 is 0. The van der Waals surface area contributed by atoms with Gasteiger partial charge in [-0.05, 0) is 19.8 Å². The van der Waals surface area contributed by atoms with Gasteiger partial charge in [-0.3, -0.25) is 4.99 Å². The SMILES string of the molecule is CCN=C(N)NC(C)C(C)CO. The van der Waals surface area contributed by atoms with Crippen molar-refractivity contribution in [1.29, 1.82) is 0 Å². The quantitative estimate of drug-likeness (QED) is 0.411. The van der Waals surface area contributed by atoms with Crippen molar-refractivity contribution in [3.05, 3.63) is 0 Å². The Morgan fingerprint density at radius 1 is 1.58 bits per heavy atom. The Kier molecular flexibility index (Phi) is 5.45. The summed E-state index contributed by atoms with van der Waals surface area (Å²) in [4.78, 5) is 3.98. The monoisotopic (exact) mass is 173 g/mol. The zero-order valence-corrected chi connectivity index (χ0v) is 8.04. The van der Waals surface area contributed by atoms with Crippen molar-refractivity contribution < 1.29 is 5.11 Å². The Hall–Kier alpha value is -0.770. The van der Waals surface area contributed by atoms with E-state index in [4.69, 9.17) is 10.8 Å². The molecule has 0 saturated carbocycles. The summed E-state index contributed by atoms with van der Waals surface area (Å²) in [5, 5.41) is 11.8. The smallest absolute Gasteiger partial charge is 0.188 e. The molecule has 0 radical (unpaired) electrons. The van der Waals surface area contributed by atoms with Gasteiger partial charge in [0.25, 0.3) is 0 Å². The Morgan fingerprint density at radius 2 is 2.17 bits per heavy atom. The standard InChI is InChI=1S/C8H19N3O/c1-4-10-8(9)11-7(3)6(2)5-12/h6-7,12H,4-5H2,1-3H3,(H3,9,10,11). The van der Waals surface area contributed by atoms with E-state index in [1.807, 2.05) is 20.8 Å². The number of hydrogen-bond acceptors (Lipinski definition) is 2. The summed E-state index contributed by atoms with van der Waals surface area (Å²) in [6.45, 7) is 6.69. The van der Waals surface area contributed by atoms with Crippen LogP contribution in [0.25, 0.3) is 0 Å². The highest BCUT2D eigenvalue weighted by Crippen LogP contribution is 1.99. The van der Waals surface area contributed by atoms with Crippen LogP contribution in [0.4, 0.5) is 0 Å². The minimum absolute atomic E-state index is 0.158. The predicted molar refractivity (Wildman–Crippen MR) is 51.0 cm³/mol. The summed E-state index contributed by atoms with van der Waals surface area (Å²) in [6, 6.07) is 0.158. The number of hydrogen-bond donors (Lipinski definition) is 3. The number of guanidine groups is 1. The van der Waals surface area contributed by atoms with Gasteiger partial charge < -0.3 is 16.2 Å². The third-order valence-electron chi connectivity index (χ3n) is 1.85. The van der Waals surface area contributed by atoms with E-state index in [1.165, 1.54) is 0 Å². The molecule has 0 aromatic rings. The van der Waals surface area contributed by atoms with Crippen molar-refractivity contribution in [3.8, 4) is 0 Å². The lowest BCUT2D eigenvalue weighted by Gasteiger charge is -2.19. The fraction of sp³-hybridized carbons (Fsp3) is 0.875. The van der Waals surface area contributed by atoms with Crippen LogP contribution in [0.5, 0.6) is 0 Å². The molecule has 0 fully saturated rings. The van der Waals surface area contributed by atoms with Crippen LogP contribution in [0.1, 0.15) is 20.8 Å². The largest absolute Gasteiger partial charge is 0.396 e. The minimum Gasteiger partial charge on any atom is -0.396 e. The maximum Gasteiger partial charge on any atom is 0.188 e. The second-order valence-electron chi connectivity index (χ2n) is 2.95. The highest BCUT2D eigenvalue weighted by molar-refractivity contribution is 5.78. The second-order valence-corrected chi connectivity index (χ2v) is 2.95. The second kappa shape index (κ2) is 5.83. The molecule has 0 heterocycles. The van der Waals surface area contributed by atoms with Gasteiger partial charge >= 0.3 is 0 Å². The number of aliphatic imine (C=N–C) groups is 1. The van der Waals surface area contributed by atoms with Crippen LogP contribution in [-0.2, 0) is 0 Å². The van der Waals surface area contributed by atoms with Gasteiger partial charge in [-0.1, -0.05) is 6.92 Å². The molecule has 0 spiro atoms. The number of nitrogens with two attached hydrogens (primary N) is 1. The first kappa shape index (κ1) is 11.2. The first-order chi connectivity index (χ1) is 5.61. The molecule has 4 heteroatoms. The molecule has 12 heavy (non-hydrogen) atoms. The summed E-state index contributed by atoms with van der Waals surface area (Å²) in [6.07, 6.45) is 0. The van der Waals surface area contributed by atoms with Gasteiger partial charge in [-0.25, -0.2) is 0 Å². The van der Waals surface area contributed by atoms with Crippen molar-refractivity contribution in [2.75, 3.05) is 13.2 Å². The van der Waals surface area contributed by atoms with Crippen LogP contribution in [-0.4, -0.2) is 30.3 Å². The number of rotatable bonds is 4. The van der Waals surface area contributed by atoms with Crippen molar-refractivity contribution in [2.24, 2.45) is 16.6 Å². The molecule has 2 unspecified atom stereocenters. The number of nitrogens with one attached hydrogen (secondary N) is 1. The van der Waals surface area contributed by atoms with Gasteiger partial charge in [0, 0.05) is 19.2 Å². The van der Waals surface area contributed by atoms with E-state index in [1.54, 1.807) is 0 Å². The van der Waals surface area contributed by atoms with Gasteiger partial charge in [-0.2, -0.15) is 0 Å². The zero-order chi connectivity index (χ0) is 9.56. The van der Waals surface area contributed by atoms with E-state index in [0.29, 0.717) is 12.5 Å². The van der Waals surface area contributed by atoms with Crippen LogP contribution < -0.4 is 11.1 Å². The van der Waals surface area contributed by atoms with Crippen molar-refractivity contribution >= 4 is 5.96 Å². The lowest BCUT2D eigenvalue weighted by atomic mass is 10.1. The maximum absolute atomic E-state index is 8.83. The molecule has 0 saturated heterocycles. The summed E-state index contributed by atoms with van der Waals surface area (Å²) < 4.78 is 0. The van der Waals surface area contributed by atoms with Crippen molar-refractivity contribution in [3.63, 3.8) is 0 Å². The fourth-order valence-corrected chi connectivity index (χ4v) is 0.750. The molecule has 2 atom stereocenters. The molecule has 4 N–H and O–H groups in total. The van der Waals surface area contributed by atoms with E-state index in [0.717, 1.165) is 0 Å². The third-order valence-corrected chi connectivity index (χ3v) is 1.85. The highest BCUT2D eigenvalue weighted by atomic mass is 16.3. The van der Waals surface area contributed by atoms with E-state index >= 15 is 0 Å². The predicted octanol–water partition coefficient (Wildman–Crippen LogP) is -0.0725. The van der Waals surface area contributed by atoms with Gasteiger partial charge in [0.1, 0.15) is 0 Å². The minimum atomic E-state index is 0.158. The lowest BCUT2D eigenvalue weighted by Crippen LogP contribution is -2.42. The van der Waals surface area contributed by atoms with E-state index in [2.05, 4.69) is 10.3 Å². The molecule has 0 amide bonds. The topological polar surface area (TPSA) is 70.6 Å². The molecule has 0 aliphatic rings. The fourth-order valence-electron chi connectivity index (χ4n) is 0.750. The lowest BCUT2D eigenvalue weighted by molar-refractivity contribution is 0.215. The van der Waals surface area contributed by atoms with E-state index in [-0.39, 0.29) is 18.6 Å². The first-order valence-corrected chi connectivity index (χ1v) is 4.29. The Balaban J connectivity index is 3.82. The van der Waals surface area contributed by atoms with Crippen LogP contribution in [0.15, 0.2) is 4.99 Å². The summed E-state index contributed by atoms with van der Waals surface area (Å²) in [5.41, 5.74) is 5.53. The van der Waals surface area contributed by atoms with E-state index < -0.39 is 0 Å². The van der Waals surface area contributed by atoms with Crippen molar-refractivity contribution in [1.82, 2.24) is 5.32 Å². The Morgan fingerprint density at radius 3 is 2.58 bits per heavy atom. The average Bonchev–Trinajstić information content (AvgIpc) is 2.03. The molecule has 0 bridgehead atoms. The maximum atomic E-state index is 8.83. The molecule has 0 aliphatic carbocycles. The third kappa shape index (κ3) is 4.18. The molecule has 0 aromatic carbocycles. The van der Waals surface area contributed by atoms with Crippen LogP contribution in [0, 0.1) is 5.92 Å². The Bertz CT molecular complexity index is 147. The van der Waals surface area contributed by atoms with Crippen molar-refractivity contribution in [2.45, 2.75) is 26.8 Å². The van der Waals surface area contributed by atoms with E-state index in [9.17, 15) is 0 Å². The molecule has 0 aromatic heterocycles. The summed E-state index contributed by atoms with van der Waals surface area (Å²) in [5.74, 6) is 0.640. The van der Waals surface area contributed by atoms with Gasteiger partial charge in [0.05, 0.1) is 0 Å². The molecule has 72 valence electrons. The highest BCUT2D eigenvalue weighted by Gasteiger charge is 2.10. The molecular formula is C8H19N3O. The molecule has 4 nitrogen and oxygen atoms in total. The summed E-state index contributed by atoms with van der Waals surface area (Å²) in [7, 11) is 0. The zero-order valence-electron chi connectivity index (χ0n) is 8.04. The Labute approximate surface area is 73.9 Å².